The molecule has 1 aromatic rings. The van der Waals surface area contributed by atoms with Crippen molar-refractivity contribution in [1.82, 2.24) is 5.32 Å². The molecule has 1 unspecified atom stereocenters. The summed E-state index contributed by atoms with van der Waals surface area (Å²) >= 11 is 0. The van der Waals surface area contributed by atoms with Gasteiger partial charge in [-0.05, 0) is 26.3 Å². The van der Waals surface area contributed by atoms with Gasteiger partial charge in [-0.15, -0.1) is 0 Å². The Morgan fingerprint density at radius 2 is 1.72 bits per heavy atom. The minimum atomic E-state index is -1.93. The third-order valence-electron chi connectivity index (χ3n) is 2.91. The number of ether oxygens (including phenoxy) is 3. The Morgan fingerprint density at radius 1 is 1.12 bits per heavy atom. The number of alkyl carbamates (subject to hydrolysis) is 1. The van der Waals surface area contributed by atoms with Gasteiger partial charge in [-0.25, -0.2) is 14.4 Å². The maximum atomic E-state index is 11.9. The Labute approximate surface area is 146 Å². The average molecular weight is 353 g/mol. The van der Waals surface area contributed by atoms with E-state index in [0.717, 1.165) is 12.7 Å². The number of benzene rings is 1. The summed E-state index contributed by atoms with van der Waals surface area (Å²) < 4.78 is 14.5. The molecule has 0 heterocycles. The molecule has 25 heavy (non-hydrogen) atoms. The fraction of sp³-hybridized carbons (Fsp3) is 0.471. The summed E-state index contributed by atoms with van der Waals surface area (Å²) in [6, 6.07) is 7.22. The van der Waals surface area contributed by atoms with Gasteiger partial charge >= 0.3 is 18.0 Å². The van der Waals surface area contributed by atoms with Gasteiger partial charge in [0, 0.05) is 0 Å². The smallest absolute Gasteiger partial charge is 0.408 e. The van der Waals surface area contributed by atoms with Gasteiger partial charge in [0.05, 0.1) is 7.11 Å². The van der Waals surface area contributed by atoms with Crippen LogP contribution in [-0.4, -0.2) is 48.0 Å². The Kier molecular flexibility index (Phi) is 7.38. The van der Waals surface area contributed by atoms with Crippen LogP contribution in [0.5, 0.6) is 0 Å². The van der Waals surface area contributed by atoms with Crippen molar-refractivity contribution in [3.63, 3.8) is 0 Å². The highest BCUT2D eigenvalue weighted by Crippen LogP contribution is 2.11. The van der Waals surface area contributed by atoms with Crippen molar-refractivity contribution in [2.45, 2.75) is 45.1 Å². The maximum Gasteiger partial charge on any atom is 0.408 e. The van der Waals surface area contributed by atoms with Crippen LogP contribution in [0.3, 0.4) is 0 Å². The van der Waals surface area contributed by atoms with Crippen LogP contribution in [0.1, 0.15) is 26.3 Å². The van der Waals surface area contributed by atoms with E-state index < -0.39 is 35.8 Å². The number of hydrogen-bond acceptors (Lipinski definition) is 7. The van der Waals surface area contributed by atoms with Crippen molar-refractivity contribution in [3.8, 4) is 0 Å². The molecule has 0 aliphatic rings. The minimum absolute atomic E-state index is 0.0386. The molecule has 0 saturated heterocycles. The van der Waals surface area contributed by atoms with Crippen molar-refractivity contribution in [3.05, 3.63) is 35.9 Å². The summed E-state index contributed by atoms with van der Waals surface area (Å²) in [5.41, 5.74) is -0.132. The van der Waals surface area contributed by atoms with Gasteiger partial charge in [0.2, 0.25) is 0 Å². The van der Waals surface area contributed by atoms with E-state index in [-0.39, 0.29) is 6.61 Å². The lowest BCUT2D eigenvalue weighted by Gasteiger charge is -2.25. The van der Waals surface area contributed by atoms with Crippen molar-refractivity contribution >= 4 is 18.0 Å². The van der Waals surface area contributed by atoms with Crippen LogP contribution < -0.4 is 5.32 Å². The zero-order valence-corrected chi connectivity index (χ0v) is 14.6. The summed E-state index contributed by atoms with van der Waals surface area (Å²) in [6.07, 6.45) is -2.92. The van der Waals surface area contributed by atoms with Gasteiger partial charge in [-0.1, -0.05) is 30.3 Å². The maximum absolute atomic E-state index is 11.9. The predicted octanol–water partition coefficient (Wildman–Crippen LogP) is 1.16. The molecular weight excluding hydrogens is 330 g/mol. The van der Waals surface area contributed by atoms with E-state index in [1.165, 1.54) is 0 Å². The topological polar surface area (TPSA) is 111 Å². The third kappa shape index (κ3) is 7.21. The largest absolute Gasteiger partial charge is 0.467 e. The first-order chi connectivity index (χ1) is 11.6. The van der Waals surface area contributed by atoms with Crippen LogP contribution in [0.4, 0.5) is 4.79 Å². The van der Waals surface area contributed by atoms with Crippen LogP contribution in [0.15, 0.2) is 30.3 Å². The van der Waals surface area contributed by atoms with Crippen LogP contribution in [-0.2, 0) is 30.4 Å². The van der Waals surface area contributed by atoms with Gasteiger partial charge in [-0.3, -0.25) is 0 Å². The summed E-state index contributed by atoms with van der Waals surface area (Å²) in [5.74, 6) is -2.07. The van der Waals surface area contributed by atoms with Gasteiger partial charge in [-0.2, -0.15) is 0 Å². The number of amides is 1. The third-order valence-corrected chi connectivity index (χ3v) is 2.91. The minimum Gasteiger partial charge on any atom is -0.467 e. The number of carbonyl (C=O) groups excluding carboxylic acids is 3. The monoisotopic (exact) mass is 353 g/mol. The van der Waals surface area contributed by atoms with Crippen LogP contribution in [0.2, 0.25) is 0 Å². The molecule has 0 spiro atoms. The molecule has 1 amide bonds. The molecule has 0 radical (unpaired) electrons. The summed E-state index contributed by atoms with van der Waals surface area (Å²) in [6.45, 7) is 4.77. The lowest BCUT2D eigenvalue weighted by molar-refractivity contribution is -0.170. The number of rotatable bonds is 6. The van der Waals surface area contributed by atoms with Crippen molar-refractivity contribution in [2.75, 3.05) is 7.11 Å². The molecule has 0 bridgehead atoms. The first kappa shape index (κ1) is 20.4. The summed E-state index contributed by atoms with van der Waals surface area (Å²) in [7, 11) is 1.06. The first-order valence-electron chi connectivity index (χ1n) is 7.60. The van der Waals surface area contributed by atoms with E-state index in [0.29, 0.717) is 0 Å². The Morgan fingerprint density at radius 3 is 2.24 bits per heavy atom. The number of esters is 2. The Balaban J connectivity index is 2.70. The second-order valence-corrected chi connectivity index (χ2v) is 6.19. The van der Waals surface area contributed by atoms with Crippen molar-refractivity contribution in [1.29, 1.82) is 0 Å². The second kappa shape index (κ2) is 9.03. The molecule has 138 valence electrons. The lowest BCUT2D eigenvalue weighted by atomic mass is 10.1. The van der Waals surface area contributed by atoms with E-state index in [9.17, 15) is 19.5 Å². The molecule has 1 aromatic carbocycles. The number of aliphatic hydroxyl groups excluding tert-OH is 1. The molecule has 0 aliphatic carbocycles. The van der Waals surface area contributed by atoms with Gasteiger partial charge in [0.1, 0.15) is 12.2 Å². The first-order valence-corrected chi connectivity index (χ1v) is 7.60. The molecule has 0 saturated carbocycles. The number of aliphatic hydroxyl groups is 1. The Hall–Kier alpha value is -2.61. The number of hydrogen-bond donors (Lipinski definition) is 2. The fourth-order valence-corrected chi connectivity index (χ4v) is 1.78. The molecular formula is C17H23NO7. The standard InChI is InChI=1S/C17H23NO7/c1-17(2,3)25-15(21)13(19)12(14(20)23-4)18-16(22)24-10-11-8-6-5-7-9-11/h5-9,12-13,19H,10H2,1-4H3,(H,18,22)/t12-,13?/m0/s1. The molecule has 8 heteroatoms. The predicted molar refractivity (Wildman–Crippen MR) is 87.4 cm³/mol. The zero-order valence-electron chi connectivity index (χ0n) is 14.6. The quantitative estimate of drug-likeness (QED) is 0.583. The molecule has 0 aromatic heterocycles. The molecule has 0 aliphatic heterocycles. The molecule has 2 atom stereocenters. The van der Waals surface area contributed by atoms with E-state index in [1.54, 1.807) is 45.0 Å². The Bertz CT molecular complexity index is 595. The van der Waals surface area contributed by atoms with Crippen molar-refractivity contribution < 1.29 is 33.7 Å². The molecule has 0 fully saturated rings. The second-order valence-electron chi connectivity index (χ2n) is 6.19. The lowest BCUT2D eigenvalue weighted by Crippen LogP contribution is -2.53. The van der Waals surface area contributed by atoms with Crippen LogP contribution in [0.25, 0.3) is 0 Å². The number of methoxy groups -OCH3 is 1. The SMILES string of the molecule is COC(=O)[C@@H](NC(=O)OCc1ccccc1)C(O)C(=O)OC(C)(C)C. The number of carbonyl (C=O) groups is 3. The van der Waals surface area contributed by atoms with E-state index >= 15 is 0 Å². The van der Waals surface area contributed by atoms with Gasteiger partial charge in [0.25, 0.3) is 0 Å². The number of nitrogens with one attached hydrogen (secondary N) is 1. The molecule has 1 rings (SSSR count). The highest BCUT2D eigenvalue weighted by molar-refractivity contribution is 5.89. The van der Waals surface area contributed by atoms with E-state index in [2.05, 4.69) is 10.1 Å². The highest BCUT2D eigenvalue weighted by atomic mass is 16.6. The average Bonchev–Trinajstić information content (AvgIpc) is 2.56. The normalized spacial score (nSPS) is 13.3. The van der Waals surface area contributed by atoms with Gasteiger partial charge < -0.3 is 24.6 Å². The highest BCUT2D eigenvalue weighted by Gasteiger charge is 2.37. The summed E-state index contributed by atoms with van der Waals surface area (Å²) in [4.78, 5) is 35.5. The van der Waals surface area contributed by atoms with E-state index in [4.69, 9.17) is 9.47 Å². The molecule has 8 nitrogen and oxygen atoms in total. The van der Waals surface area contributed by atoms with Crippen LogP contribution >= 0.6 is 0 Å². The van der Waals surface area contributed by atoms with E-state index in [1.807, 2.05) is 6.07 Å². The van der Waals surface area contributed by atoms with Gasteiger partial charge in [0.15, 0.2) is 12.1 Å². The van der Waals surface area contributed by atoms with Crippen molar-refractivity contribution in [2.24, 2.45) is 0 Å². The zero-order chi connectivity index (χ0) is 19.0. The van der Waals surface area contributed by atoms with Crippen LogP contribution in [0, 0.1) is 0 Å². The molecule has 2 N–H and O–H groups in total. The summed E-state index contributed by atoms with van der Waals surface area (Å²) in [5, 5.41) is 12.1. The fourth-order valence-electron chi connectivity index (χ4n) is 1.78.